The summed E-state index contributed by atoms with van der Waals surface area (Å²) in [6.07, 6.45) is 15.9. The highest BCUT2D eigenvalue weighted by atomic mass is 16.1. The van der Waals surface area contributed by atoms with Crippen molar-refractivity contribution in [3.8, 4) is 0 Å². The van der Waals surface area contributed by atoms with Gasteiger partial charge < -0.3 is 5.32 Å². The van der Waals surface area contributed by atoms with Gasteiger partial charge in [-0.2, -0.15) is 0 Å². The Balaban J connectivity index is 3.56. The minimum Gasteiger partial charge on any atom is -0.350 e. The third kappa shape index (κ3) is 11.0. The highest BCUT2D eigenvalue weighted by Gasteiger charge is 1.99. The van der Waals surface area contributed by atoms with Crippen LogP contribution in [0.15, 0.2) is 36.5 Å². The lowest BCUT2D eigenvalue weighted by Crippen LogP contribution is -2.30. The van der Waals surface area contributed by atoms with Crippen LogP contribution in [-0.4, -0.2) is 11.9 Å². The summed E-state index contributed by atoms with van der Waals surface area (Å²) in [6.45, 7) is 6.08. The number of nitrogens with one attached hydrogen (secondary N) is 1. The van der Waals surface area contributed by atoms with Crippen LogP contribution in [0.25, 0.3) is 0 Å². The van der Waals surface area contributed by atoms with Gasteiger partial charge in [0.05, 0.1) is 0 Å². The van der Waals surface area contributed by atoms with Gasteiger partial charge in [0.1, 0.15) is 0 Å². The Bertz CT molecular complexity index is 277. The summed E-state index contributed by atoms with van der Waals surface area (Å²) in [5.41, 5.74) is 0. The van der Waals surface area contributed by atoms with E-state index in [0.717, 1.165) is 25.7 Å². The first-order valence-electron chi connectivity index (χ1n) is 6.45. The zero-order valence-corrected chi connectivity index (χ0v) is 11.3. The number of amides is 1. The lowest BCUT2D eigenvalue weighted by Gasteiger charge is -2.08. The number of allylic oxidation sites excluding steroid dienone is 5. The van der Waals surface area contributed by atoms with E-state index >= 15 is 0 Å². The fraction of sp³-hybridized carbons (Fsp3) is 0.533. The third-order valence-electron chi connectivity index (χ3n) is 2.45. The molecule has 0 saturated heterocycles. The van der Waals surface area contributed by atoms with Crippen molar-refractivity contribution in [1.29, 1.82) is 0 Å². The molecule has 0 bridgehead atoms. The largest absolute Gasteiger partial charge is 0.350 e. The Morgan fingerprint density at radius 2 is 1.94 bits per heavy atom. The fourth-order valence-corrected chi connectivity index (χ4v) is 1.22. The van der Waals surface area contributed by atoms with Crippen LogP contribution in [-0.2, 0) is 4.79 Å². The van der Waals surface area contributed by atoms with E-state index in [9.17, 15) is 4.79 Å². The highest BCUT2D eigenvalue weighted by Crippen LogP contribution is 1.98. The molecule has 0 aromatic heterocycles. The first-order valence-corrected chi connectivity index (χ1v) is 6.45. The Labute approximate surface area is 105 Å². The SMILES string of the molecule is CC=CC=CCCCC=CC(=O)NC(C)CC. The minimum atomic E-state index is 0.0174. The van der Waals surface area contributed by atoms with Gasteiger partial charge in [0.15, 0.2) is 0 Å². The van der Waals surface area contributed by atoms with Crippen LogP contribution < -0.4 is 5.32 Å². The van der Waals surface area contributed by atoms with Gasteiger partial charge in [-0.1, -0.05) is 37.3 Å². The van der Waals surface area contributed by atoms with Crippen LogP contribution in [0.2, 0.25) is 0 Å². The summed E-state index contributed by atoms with van der Waals surface area (Å²) in [7, 11) is 0. The monoisotopic (exact) mass is 235 g/mol. The topological polar surface area (TPSA) is 29.1 Å². The standard InChI is InChI=1S/C15H25NO/c1-4-6-7-8-9-10-11-12-13-15(17)16-14(3)5-2/h4,6-8,12-14H,5,9-11H2,1-3H3,(H,16,17). The average molecular weight is 235 g/mol. The predicted octanol–water partition coefficient (Wildman–Crippen LogP) is 3.76. The molecule has 2 nitrogen and oxygen atoms in total. The van der Waals surface area contributed by atoms with Crippen LogP contribution >= 0.6 is 0 Å². The molecule has 0 fully saturated rings. The van der Waals surface area contributed by atoms with E-state index in [2.05, 4.69) is 24.4 Å². The van der Waals surface area contributed by atoms with Gasteiger partial charge in [0, 0.05) is 6.04 Å². The number of carbonyl (C=O) groups excluding carboxylic acids is 1. The van der Waals surface area contributed by atoms with E-state index in [0.29, 0.717) is 0 Å². The normalized spacial score (nSPS) is 13.8. The van der Waals surface area contributed by atoms with Gasteiger partial charge in [-0.25, -0.2) is 0 Å². The fourth-order valence-electron chi connectivity index (χ4n) is 1.22. The first kappa shape index (κ1) is 15.7. The Morgan fingerprint density at radius 1 is 1.24 bits per heavy atom. The summed E-state index contributed by atoms with van der Waals surface area (Å²) < 4.78 is 0. The summed E-state index contributed by atoms with van der Waals surface area (Å²) in [5.74, 6) is 0.0174. The second kappa shape index (κ2) is 11.2. The molecule has 0 saturated carbocycles. The molecule has 2 heteroatoms. The van der Waals surface area contributed by atoms with E-state index in [1.165, 1.54) is 0 Å². The second-order valence-electron chi connectivity index (χ2n) is 4.11. The van der Waals surface area contributed by atoms with E-state index in [1.807, 2.05) is 32.1 Å². The van der Waals surface area contributed by atoms with Crippen LogP contribution in [0.3, 0.4) is 0 Å². The molecule has 0 aliphatic rings. The maximum Gasteiger partial charge on any atom is 0.243 e. The summed E-state index contributed by atoms with van der Waals surface area (Å²) >= 11 is 0. The molecule has 0 spiro atoms. The quantitative estimate of drug-likeness (QED) is 0.387. The zero-order chi connectivity index (χ0) is 12.9. The smallest absolute Gasteiger partial charge is 0.243 e. The van der Waals surface area contributed by atoms with E-state index in [-0.39, 0.29) is 11.9 Å². The number of carbonyl (C=O) groups is 1. The van der Waals surface area contributed by atoms with Gasteiger partial charge in [-0.05, 0) is 45.6 Å². The second-order valence-corrected chi connectivity index (χ2v) is 4.11. The molecule has 1 unspecified atom stereocenters. The van der Waals surface area contributed by atoms with Crippen molar-refractivity contribution in [2.75, 3.05) is 0 Å². The summed E-state index contributed by atoms with van der Waals surface area (Å²) in [6, 6.07) is 0.260. The molecule has 1 N–H and O–H groups in total. The Hall–Kier alpha value is -1.31. The molecule has 0 aromatic carbocycles. The Kier molecular flexibility index (Phi) is 10.3. The molecule has 0 heterocycles. The van der Waals surface area contributed by atoms with Gasteiger partial charge in [0.25, 0.3) is 0 Å². The van der Waals surface area contributed by atoms with Crippen molar-refractivity contribution >= 4 is 5.91 Å². The highest BCUT2D eigenvalue weighted by molar-refractivity contribution is 5.87. The number of unbranched alkanes of at least 4 members (excludes halogenated alkanes) is 2. The third-order valence-corrected chi connectivity index (χ3v) is 2.45. The van der Waals surface area contributed by atoms with Crippen molar-refractivity contribution < 1.29 is 4.79 Å². The Morgan fingerprint density at radius 3 is 2.59 bits per heavy atom. The molecule has 0 aliphatic carbocycles. The van der Waals surface area contributed by atoms with Crippen LogP contribution in [0, 0.1) is 0 Å². The zero-order valence-electron chi connectivity index (χ0n) is 11.3. The summed E-state index contributed by atoms with van der Waals surface area (Å²) in [4.78, 5) is 11.4. The summed E-state index contributed by atoms with van der Waals surface area (Å²) in [5, 5.41) is 2.90. The van der Waals surface area contributed by atoms with E-state index in [4.69, 9.17) is 0 Å². The van der Waals surface area contributed by atoms with Crippen molar-refractivity contribution in [3.05, 3.63) is 36.5 Å². The number of hydrogen-bond acceptors (Lipinski definition) is 1. The van der Waals surface area contributed by atoms with Crippen molar-refractivity contribution in [2.45, 2.75) is 52.5 Å². The lowest BCUT2D eigenvalue weighted by molar-refractivity contribution is -0.117. The number of rotatable bonds is 8. The molecule has 0 rings (SSSR count). The van der Waals surface area contributed by atoms with Gasteiger partial charge >= 0.3 is 0 Å². The molecular weight excluding hydrogens is 210 g/mol. The first-order chi connectivity index (χ1) is 8.20. The minimum absolute atomic E-state index is 0.0174. The number of hydrogen-bond donors (Lipinski definition) is 1. The predicted molar refractivity (Wildman–Crippen MR) is 74.8 cm³/mol. The molecule has 17 heavy (non-hydrogen) atoms. The van der Waals surface area contributed by atoms with E-state index < -0.39 is 0 Å². The van der Waals surface area contributed by atoms with Gasteiger partial charge in [-0.3, -0.25) is 4.79 Å². The average Bonchev–Trinajstić information content (AvgIpc) is 2.32. The molecule has 1 atom stereocenters. The van der Waals surface area contributed by atoms with Gasteiger partial charge in [-0.15, -0.1) is 0 Å². The molecule has 0 aromatic rings. The van der Waals surface area contributed by atoms with Crippen molar-refractivity contribution in [1.82, 2.24) is 5.32 Å². The molecule has 0 radical (unpaired) electrons. The maximum absolute atomic E-state index is 11.4. The lowest BCUT2D eigenvalue weighted by atomic mass is 10.2. The molecular formula is C15H25NO. The van der Waals surface area contributed by atoms with Crippen LogP contribution in [0.5, 0.6) is 0 Å². The van der Waals surface area contributed by atoms with Crippen LogP contribution in [0.4, 0.5) is 0 Å². The van der Waals surface area contributed by atoms with Crippen molar-refractivity contribution in [3.63, 3.8) is 0 Å². The molecule has 0 aliphatic heterocycles. The van der Waals surface area contributed by atoms with Crippen molar-refractivity contribution in [2.24, 2.45) is 0 Å². The van der Waals surface area contributed by atoms with Gasteiger partial charge in [0.2, 0.25) is 5.91 Å². The molecule has 1 amide bonds. The van der Waals surface area contributed by atoms with E-state index in [1.54, 1.807) is 6.08 Å². The maximum atomic E-state index is 11.4. The molecule has 96 valence electrons. The van der Waals surface area contributed by atoms with Crippen LogP contribution in [0.1, 0.15) is 46.5 Å².